The van der Waals surface area contributed by atoms with Crippen LogP contribution < -0.4 is 5.73 Å². The maximum absolute atomic E-state index is 8.74. The van der Waals surface area contributed by atoms with E-state index in [-0.39, 0.29) is 19.0 Å². The van der Waals surface area contributed by atoms with Crippen LogP contribution in [0.25, 0.3) is 0 Å². The van der Waals surface area contributed by atoms with Crippen molar-refractivity contribution in [1.82, 2.24) is 0 Å². The second kappa shape index (κ2) is 8.17. The lowest BCUT2D eigenvalue weighted by Gasteiger charge is -2.05. The van der Waals surface area contributed by atoms with Crippen molar-refractivity contribution >= 4 is 12.4 Å². The van der Waals surface area contributed by atoms with Crippen molar-refractivity contribution in [2.45, 2.75) is 13.0 Å². The second-order valence-corrected chi connectivity index (χ2v) is 1.55. The van der Waals surface area contributed by atoms with Crippen LogP contribution in [0, 0.1) is 0 Å². The average molecular weight is 156 g/mol. The predicted octanol–water partition coefficient (Wildman–Crippen LogP) is -0.236. The minimum absolute atomic E-state index is 0. The summed E-state index contributed by atoms with van der Waals surface area (Å²) in [5.74, 6) is 0. The fourth-order valence-corrected chi connectivity index (χ4v) is 0.322. The Morgan fingerprint density at radius 1 is 1.67 bits per heavy atom. The third kappa shape index (κ3) is 8.17. The van der Waals surface area contributed by atoms with Gasteiger partial charge in [0.15, 0.2) is 0 Å². The van der Waals surface area contributed by atoms with Gasteiger partial charge in [0.2, 0.25) is 0 Å². The van der Waals surface area contributed by atoms with E-state index >= 15 is 0 Å². The molecule has 4 heteroatoms. The summed E-state index contributed by atoms with van der Waals surface area (Å²) in [5, 5.41) is 8.74. The summed E-state index contributed by atoms with van der Waals surface area (Å²) >= 11 is 0. The number of nitrogens with two attached hydrogens (primary N) is 1. The highest BCUT2D eigenvalue weighted by Gasteiger charge is 1.97. The lowest BCUT2D eigenvalue weighted by atomic mass is 10.4. The number of rotatable bonds is 4. The molecule has 0 aromatic heterocycles. The van der Waals surface area contributed by atoms with Crippen LogP contribution in [0.4, 0.5) is 0 Å². The standard InChI is InChI=1S/C5H13NO2.ClH/c1-2-8-4-5(7)3-6;/h5,7H,2-4,6H2,1H3;1H. The summed E-state index contributed by atoms with van der Waals surface area (Å²) < 4.78 is 4.86. The van der Waals surface area contributed by atoms with Crippen molar-refractivity contribution in [2.24, 2.45) is 5.73 Å². The third-order valence-electron chi connectivity index (χ3n) is 0.786. The first-order valence-electron chi connectivity index (χ1n) is 2.77. The molecule has 0 aromatic carbocycles. The molecule has 1 atom stereocenters. The van der Waals surface area contributed by atoms with E-state index in [0.29, 0.717) is 13.2 Å². The molecule has 0 spiro atoms. The lowest BCUT2D eigenvalue weighted by molar-refractivity contribution is 0.0474. The van der Waals surface area contributed by atoms with Gasteiger partial charge in [0.1, 0.15) is 0 Å². The predicted molar refractivity (Wildman–Crippen MR) is 38.8 cm³/mol. The molecule has 0 aliphatic heterocycles. The molecule has 0 saturated heterocycles. The van der Waals surface area contributed by atoms with Gasteiger partial charge in [-0.1, -0.05) is 0 Å². The summed E-state index contributed by atoms with van der Waals surface area (Å²) in [7, 11) is 0. The van der Waals surface area contributed by atoms with Gasteiger partial charge in [0, 0.05) is 13.2 Å². The van der Waals surface area contributed by atoms with E-state index in [2.05, 4.69) is 0 Å². The molecular weight excluding hydrogens is 142 g/mol. The van der Waals surface area contributed by atoms with Gasteiger partial charge in [-0.05, 0) is 6.92 Å². The molecular formula is C5H14ClNO2. The Balaban J connectivity index is 0. The summed E-state index contributed by atoms with van der Waals surface area (Å²) in [6.07, 6.45) is -0.491. The van der Waals surface area contributed by atoms with Gasteiger partial charge in [0.05, 0.1) is 12.7 Å². The lowest BCUT2D eigenvalue weighted by Crippen LogP contribution is -2.24. The van der Waals surface area contributed by atoms with Crippen LogP contribution in [0.1, 0.15) is 6.92 Å². The SMILES string of the molecule is CCOCC(O)CN.Cl. The topological polar surface area (TPSA) is 55.5 Å². The van der Waals surface area contributed by atoms with Gasteiger partial charge in [-0.25, -0.2) is 0 Å². The molecule has 0 aliphatic rings. The molecule has 1 unspecified atom stereocenters. The largest absolute Gasteiger partial charge is 0.389 e. The van der Waals surface area contributed by atoms with E-state index in [1.54, 1.807) is 0 Å². The molecule has 0 heterocycles. The minimum Gasteiger partial charge on any atom is -0.389 e. The Hall–Kier alpha value is 0.170. The first-order valence-corrected chi connectivity index (χ1v) is 2.77. The van der Waals surface area contributed by atoms with Gasteiger partial charge in [-0.3, -0.25) is 0 Å². The van der Waals surface area contributed by atoms with E-state index in [9.17, 15) is 0 Å². The maximum Gasteiger partial charge on any atom is 0.0895 e. The molecule has 0 rings (SSSR count). The van der Waals surface area contributed by atoms with Gasteiger partial charge in [-0.15, -0.1) is 12.4 Å². The second-order valence-electron chi connectivity index (χ2n) is 1.55. The number of hydrogen-bond donors (Lipinski definition) is 2. The highest BCUT2D eigenvalue weighted by atomic mass is 35.5. The molecule has 58 valence electrons. The normalized spacial score (nSPS) is 12.3. The number of ether oxygens (including phenoxy) is 1. The van der Waals surface area contributed by atoms with Gasteiger partial charge in [-0.2, -0.15) is 0 Å². The number of aliphatic hydroxyl groups excluding tert-OH is 1. The zero-order valence-electron chi connectivity index (χ0n) is 5.54. The van der Waals surface area contributed by atoms with E-state index in [0.717, 1.165) is 0 Å². The Morgan fingerprint density at radius 2 is 2.22 bits per heavy atom. The van der Waals surface area contributed by atoms with Crippen molar-refractivity contribution < 1.29 is 9.84 Å². The van der Waals surface area contributed by atoms with E-state index in [1.807, 2.05) is 6.92 Å². The van der Waals surface area contributed by atoms with Crippen LogP contribution in [0.2, 0.25) is 0 Å². The van der Waals surface area contributed by atoms with Gasteiger partial charge in [0.25, 0.3) is 0 Å². The van der Waals surface area contributed by atoms with Gasteiger partial charge < -0.3 is 15.6 Å². The highest BCUT2D eigenvalue weighted by Crippen LogP contribution is 1.79. The number of halogens is 1. The van der Waals surface area contributed by atoms with E-state index in [1.165, 1.54) is 0 Å². The summed E-state index contributed by atoms with van der Waals surface area (Å²) in [6.45, 7) is 3.15. The first-order chi connectivity index (χ1) is 3.81. The molecule has 3 N–H and O–H groups in total. The van der Waals surface area contributed by atoms with E-state index in [4.69, 9.17) is 15.6 Å². The van der Waals surface area contributed by atoms with Gasteiger partial charge >= 0.3 is 0 Å². The zero-order chi connectivity index (χ0) is 6.41. The summed E-state index contributed by atoms with van der Waals surface area (Å²) in [4.78, 5) is 0. The maximum atomic E-state index is 8.74. The van der Waals surface area contributed by atoms with Crippen molar-refractivity contribution in [1.29, 1.82) is 0 Å². The Morgan fingerprint density at radius 3 is 2.56 bits per heavy atom. The number of aliphatic hydroxyl groups is 1. The van der Waals surface area contributed by atoms with Crippen LogP contribution in [-0.2, 0) is 4.74 Å². The van der Waals surface area contributed by atoms with Crippen molar-refractivity contribution in [3.05, 3.63) is 0 Å². The first kappa shape index (κ1) is 11.9. The molecule has 0 aliphatic carbocycles. The Labute approximate surface area is 61.6 Å². The molecule has 0 amide bonds. The average Bonchev–Trinajstić information content (AvgIpc) is 1.83. The van der Waals surface area contributed by atoms with Crippen molar-refractivity contribution in [3.63, 3.8) is 0 Å². The molecule has 0 aromatic rings. The van der Waals surface area contributed by atoms with Crippen molar-refractivity contribution in [3.8, 4) is 0 Å². The Bertz CT molecular complexity index is 54.2. The summed E-state index contributed by atoms with van der Waals surface area (Å²) in [5.41, 5.74) is 5.08. The van der Waals surface area contributed by atoms with Crippen molar-refractivity contribution in [2.75, 3.05) is 19.8 Å². The van der Waals surface area contributed by atoms with Crippen LogP contribution in [0.15, 0.2) is 0 Å². The molecule has 0 saturated carbocycles. The fraction of sp³-hybridized carbons (Fsp3) is 1.00. The van der Waals surface area contributed by atoms with Crippen LogP contribution in [-0.4, -0.2) is 31.0 Å². The molecule has 9 heavy (non-hydrogen) atoms. The monoisotopic (exact) mass is 155 g/mol. The molecule has 3 nitrogen and oxygen atoms in total. The third-order valence-corrected chi connectivity index (χ3v) is 0.786. The molecule has 0 bridgehead atoms. The molecule has 0 fully saturated rings. The van der Waals surface area contributed by atoms with E-state index < -0.39 is 6.10 Å². The highest BCUT2D eigenvalue weighted by molar-refractivity contribution is 5.85. The zero-order valence-corrected chi connectivity index (χ0v) is 6.36. The molecule has 0 radical (unpaired) electrons. The van der Waals surface area contributed by atoms with Crippen LogP contribution in [0.3, 0.4) is 0 Å². The Kier molecular flexibility index (Phi) is 10.8. The number of hydrogen-bond acceptors (Lipinski definition) is 3. The summed E-state index contributed by atoms with van der Waals surface area (Å²) in [6, 6.07) is 0. The fourth-order valence-electron chi connectivity index (χ4n) is 0.322. The smallest absolute Gasteiger partial charge is 0.0895 e. The van der Waals surface area contributed by atoms with Crippen LogP contribution >= 0.6 is 12.4 Å². The quantitative estimate of drug-likeness (QED) is 0.590. The minimum atomic E-state index is -0.491. The van der Waals surface area contributed by atoms with Crippen LogP contribution in [0.5, 0.6) is 0 Å².